The molecule has 1 rings (SSSR count). The Kier molecular flexibility index (Phi) is 1.48. The first-order valence-electron chi connectivity index (χ1n) is 2.77. The Bertz CT molecular complexity index is 98.6. The SMILES string of the molecule is [NH]C(=O)CNC1CC1. The Labute approximate surface area is 48.2 Å². The van der Waals surface area contributed by atoms with Crippen LogP contribution in [0.2, 0.25) is 0 Å². The van der Waals surface area contributed by atoms with Gasteiger partial charge in [-0.2, -0.15) is 0 Å². The van der Waals surface area contributed by atoms with Crippen LogP contribution in [0, 0.1) is 0 Å². The second-order valence-electron chi connectivity index (χ2n) is 2.08. The molecule has 0 aromatic carbocycles. The Morgan fingerprint density at radius 2 is 2.38 bits per heavy atom. The molecule has 0 unspecified atom stereocenters. The van der Waals surface area contributed by atoms with Crippen LogP contribution in [0.4, 0.5) is 0 Å². The Morgan fingerprint density at radius 3 is 2.75 bits per heavy atom. The largest absolute Gasteiger partial charge is 0.306 e. The van der Waals surface area contributed by atoms with Crippen molar-refractivity contribution in [2.45, 2.75) is 18.9 Å². The average molecular weight is 113 g/mol. The van der Waals surface area contributed by atoms with Crippen molar-refractivity contribution < 1.29 is 4.79 Å². The first-order valence-corrected chi connectivity index (χ1v) is 2.77. The zero-order valence-corrected chi connectivity index (χ0v) is 4.61. The van der Waals surface area contributed by atoms with Gasteiger partial charge in [0.25, 0.3) is 5.91 Å². The molecule has 1 radical (unpaired) electrons. The first kappa shape index (κ1) is 5.56. The third kappa shape index (κ3) is 1.93. The van der Waals surface area contributed by atoms with Gasteiger partial charge < -0.3 is 5.32 Å². The van der Waals surface area contributed by atoms with Crippen LogP contribution in [-0.4, -0.2) is 18.5 Å². The molecule has 3 nitrogen and oxygen atoms in total. The van der Waals surface area contributed by atoms with Gasteiger partial charge in [-0.25, -0.2) is 0 Å². The topological polar surface area (TPSA) is 52.9 Å². The minimum absolute atomic E-state index is 0.227. The fraction of sp³-hybridized carbons (Fsp3) is 0.800. The van der Waals surface area contributed by atoms with Crippen LogP contribution in [0.5, 0.6) is 0 Å². The molecule has 1 aliphatic carbocycles. The van der Waals surface area contributed by atoms with E-state index in [1.165, 1.54) is 12.8 Å². The minimum Gasteiger partial charge on any atom is -0.306 e. The molecule has 1 aliphatic rings. The van der Waals surface area contributed by atoms with E-state index in [1.807, 2.05) is 0 Å². The first-order chi connectivity index (χ1) is 3.79. The molecule has 0 heterocycles. The molecule has 2 N–H and O–H groups in total. The lowest BCUT2D eigenvalue weighted by atomic mass is 10.6. The van der Waals surface area contributed by atoms with Crippen LogP contribution in [-0.2, 0) is 4.79 Å². The summed E-state index contributed by atoms with van der Waals surface area (Å²) in [6.45, 7) is 0.227. The van der Waals surface area contributed by atoms with Crippen molar-refractivity contribution >= 4 is 5.91 Å². The van der Waals surface area contributed by atoms with E-state index in [0.29, 0.717) is 6.04 Å². The normalized spacial score (nSPS) is 18.5. The lowest BCUT2D eigenvalue weighted by Crippen LogP contribution is -2.24. The summed E-state index contributed by atoms with van der Waals surface area (Å²) < 4.78 is 0. The van der Waals surface area contributed by atoms with Gasteiger partial charge in [0.2, 0.25) is 0 Å². The van der Waals surface area contributed by atoms with Gasteiger partial charge in [0.15, 0.2) is 0 Å². The van der Waals surface area contributed by atoms with E-state index in [9.17, 15) is 4.79 Å². The molecule has 0 atom stereocenters. The maximum Gasteiger partial charge on any atom is 0.252 e. The third-order valence-electron chi connectivity index (χ3n) is 1.13. The van der Waals surface area contributed by atoms with Crippen molar-refractivity contribution in [2.75, 3.05) is 6.54 Å². The molecule has 8 heavy (non-hydrogen) atoms. The summed E-state index contributed by atoms with van der Waals surface area (Å²) in [6, 6.07) is 0.546. The highest BCUT2D eigenvalue weighted by Crippen LogP contribution is 2.17. The summed E-state index contributed by atoms with van der Waals surface area (Å²) in [6.07, 6.45) is 2.35. The summed E-state index contributed by atoms with van der Waals surface area (Å²) in [5.74, 6) is -0.517. The number of rotatable bonds is 3. The molecular formula is C5H9N2O. The van der Waals surface area contributed by atoms with Crippen molar-refractivity contribution in [1.29, 1.82) is 0 Å². The van der Waals surface area contributed by atoms with Crippen LogP contribution >= 0.6 is 0 Å². The van der Waals surface area contributed by atoms with Crippen molar-refractivity contribution in [1.82, 2.24) is 11.1 Å². The van der Waals surface area contributed by atoms with Gasteiger partial charge >= 0.3 is 0 Å². The van der Waals surface area contributed by atoms with Crippen LogP contribution in [0.1, 0.15) is 12.8 Å². The van der Waals surface area contributed by atoms with Crippen LogP contribution < -0.4 is 11.1 Å². The highest BCUT2D eigenvalue weighted by molar-refractivity contribution is 5.75. The van der Waals surface area contributed by atoms with Gasteiger partial charge in [-0.1, -0.05) is 0 Å². The second-order valence-corrected chi connectivity index (χ2v) is 2.08. The van der Waals surface area contributed by atoms with Crippen LogP contribution in [0.3, 0.4) is 0 Å². The molecule has 1 amide bonds. The van der Waals surface area contributed by atoms with Crippen molar-refractivity contribution in [2.24, 2.45) is 0 Å². The molecule has 0 saturated heterocycles. The Balaban J connectivity index is 1.95. The van der Waals surface area contributed by atoms with Gasteiger partial charge in [-0.15, -0.1) is 0 Å². The number of carbonyl (C=O) groups excluding carboxylic acids is 1. The number of amides is 1. The van der Waals surface area contributed by atoms with E-state index >= 15 is 0 Å². The van der Waals surface area contributed by atoms with Crippen molar-refractivity contribution in [3.8, 4) is 0 Å². The van der Waals surface area contributed by atoms with Gasteiger partial charge in [-0.05, 0) is 12.8 Å². The molecule has 0 aromatic rings. The van der Waals surface area contributed by atoms with Gasteiger partial charge in [0.05, 0.1) is 6.54 Å². The fourth-order valence-electron chi connectivity index (χ4n) is 0.524. The van der Waals surface area contributed by atoms with Crippen LogP contribution in [0.25, 0.3) is 0 Å². The summed E-state index contributed by atoms with van der Waals surface area (Å²) in [4.78, 5) is 9.98. The Hall–Kier alpha value is -0.570. The number of hydrogen-bond acceptors (Lipinski definition) is 2. The predicted molar refractivity (Wildman–Crippen MR) is 29.1 cm³/mol. The zero-order chi connectivity index (χ0) is 5.98. The summed E-state index contributed by atoms with van der Waals surface area (Å²) >= 11 is 0. The molecule has 45 valence electrons. The van der Waals surface area contributed by atoms with Crippen LogP contribution in [0.15, 0.2) is 0 Å². The quantitative estimate of drug-likeness (QED) is 0.538. The van der Waals surface area contributed by atoms with Crippen molar-refractivity contribution in [3.63, 3.8) is 0 Å². The van der Waals surface area contributed by atoms with E-state index in [1.54, 1.807) is 0 Å². The molecule has 0 bridgehead atoms. The highest BCUT2D eigenvalue weighted by Gasteiger charge is 2.20. The number of carbonyl (C=O) groups is 1. The Morgan fingerprint density at radius 1 is 1.75 bits per heavy atom. The second kappa shape index (κ2) is 2.13. The average Bonchev–Trinajstić information content (AvgIpc) is 2.41. The molecule has 0 spiro atoms. The molecular weight excluding hydrogens is 104 g/mol. The molecule has 0 aliphatic heterocycles. The maximum absolute atomic E-state index is 9.98. The standard InChI is InChI=1S/C5H9N2O/c6-5(8)3-7-4-1-2-4/h4,6-7H,1-3H2. The van der Waals surface area contributed by atoms with E-state index < -0.39 is 5.91 Å². The molecule has 0 aromatic heterocycles. The maximum atomic E-state index is 9.98. The fourth-order valence-corrected chi connectivity index (χ4v) is 0.524. The smallest absolute Gasteiger partial charge is 0.252 e. The monoisotopic (exact) mass is 113 g/mol. The lowest BCUT2D eigenvalue weighted by Gasteiger charge is -1.93. The van der Waals surface area contributed by atoms with Gasteiger partial charge in [-0.3, -0.25) is 10.5 Å². The van der Waals surface area contributed by atoms with E-state index in [4.69, 9.17) is 5.73 Å². The molecule has 1 fully saturated rings. The third-order valence-corrected chi connectivity index (χ3v) is 1.13. The molecule has 1 saturated carbocycles. The van der Waals surface area contributed by atoms with E-state index in [-0.39, 0.29) is 6.54 Å². The lowest BCUT2D eigenvalue weighted by molar-refractivity contribution is -0.117. The summed E-state index contributed by atoms with van der Waals surface area (Å²) in [5, 5.41) is 2.92. The summed E-state index contributed by atoms with van der Waals surface area (Å²) in [5.41, 5.74) is 6.50. The zero-order valence-electron chi connectivity index (χ0n) is 4.61. The van der Waals surface area contributed by atoms with E-state index in [2.05, 4.69) is 5.32 Å². The molecule has 3 heteroatoms. The van der Waals surface area contributed by atoms with Crippen molar-refractivity contribution in [3.05, 3.63) is 0 Å². The predicted octanol–water partition coefficient (Wildman–Crippen LogP) is -0.452. The minimum atomic E-state index is -0.517. The van der Waals surface area contributed by atoms with E-state index in [0.717, 1.165) is 0 Å². The summed E-state index contributed by atoms with van der Waals surface area (Å²) in [7, 11) is 0. The van der Waals surface area contributed by atoms with Gasteiger partial charge in [0, 0.05) is 6.04 Å². The highest BCUT2D eigenvalue weighted by atomic mass is 16.1. The number of nitrogens with one attached hydrogen (secondary N) is 2. The number of hydrogen-bond donors (Lipinski definition) is 1. The van der Waals surface area contributed by atoms with Gasteiger partial charge in [0.1, 0.15) is 0 Å².